The van der Waals surface area contributed by atoms with Crippen LogP contribution in [0, 0.1) is 5.82 Å². The van der Waals surface area contributed by atoms with Crippen molar-refractivity contribution in [3.63, 3.8) is 0 Å². The van der Waals surface area contributed by atoms with Crippen molar-refractivity contribution in [2.45, 2.75) is 19.6 Å². The molecule has 0 bridgehead atoms. The highest BCUT2D eigenvalue weighted by Crippen LogP contribution is 2.36. The summed E-state index contributed by atoms with van der Waals surface area (Å²) < 4.78 is 25.3. The third-order valence-corrected chi connectivity index (χ3v) is 5.55. The molecule has 3 aromatic carbocycles. The Hall–Kier alpha value is -3.29. The average Bonchev–Trinajstić information content (AvgIpc) is 2.79. The van der Waals surface area contributed by atoms with Crippen LogP contribution < -0.4 is 19.7 Å². The zero-order valence-corrected chi connectivity index (χ0v) is 19.0. The van der Waals surface area contributed by atoms with Gasteiger partial charge in [-0.15, -0.1) is 0 Å². The van der Waals surface area contributed by atoms with Gasteiger partial charge >= 0.3 is 0 Å². The summed E-state index contributed by atoms with van der Waals surface area (Å²) in [4.78, 5) is 26.6. The molecule has 1 aliphatic heterocycles. The molecule has 33 heavy (non-hydrogen) atoms. The summed E-state index contributed by atoms with van der Waals surface area (Å²) >= 11 is 12.0. The molecule has 0 radical (unpaired) electrons. The number of amides is 2. The largest absolute Gasteiger partial charge is 0.482 e. The van der Waals surface area contributed by atoms with Crippen LogP contribution in [0.2, 0.25) is 10.0 Å². The topological polar surface area (TPSA) is 67.9 Å². The third-order valence-electron chi connectivity index (χ3n) is 5.02. The van der Waals surface area contributed by atoms with E-state index in [4.69, 9.17) is 32.7 Å². The van der Waals surface area contributed by atoms with Crippen molar-refractivity contribution in [3.8, 4) is 11.5 Å². The second-order valence-electron chi connectivity index (χ2n) is 7.37. The van der Waals surface area contributed by atoms with E-state index in [9.17, 15) is 14.0 Å². The Morgan fingerprint density at radius 2 is 1.97 bits per heavy atom. The number of carbonyl (C=O) groups is 2. The lowest BCUT2D eigenvalue weighted by molar-refractivity contribution is -0.122. The van der Waals surface area contributed by atoms with Crippen molar-refractivity contribution < 1.29 is 23.5 Å². The van der Waals surface area contributed by atoms with Crippen LogP contribution in [0.3, 0.4) is 0 Å². The second kappa shape index (κ2) is 9.68. The average molecular weight is 489 g/mol. The number of halogens is 3. The fraction of sp³-hybridized carbons (Fsp3) is 0.167. The fourth-order valence-corrected chi connectivity index (χ4v) is 3.76. The van der Waals surface area contributed by atoms with E-state index in [-0.39, 0.29) is 24.1 Å². The molecule has 1 heterocycles. The monoisotopic (exact) mass is 488 g/mol. The molecule has 170 valence electrons. The first-order valence-corrected chi connectivity index (χ1v) is 10.8. The molecule has 6 nitrogen and oxygen atoms in total. The first kappa shape index (κ1) is 22.9. The lowest BCUT2D eigenvalue weighted by Gasteiger charge is -2.30. The summed E-state index contributed by atoms with van der Waals surface area (Å²) in [7, 11) is 0. The molecule has 0 fully saturated rings. The van der Waals surface area contributed by atoms with Crippen molar-refractivity contribution in [2.24, 2.45) is 0 Å². The van der Waals surface area contributed by atoms with Gasteiger partial charge in [0.2, 0.25) is 0 Å². The third kappa shape index (κ3) is 5.21. The van der Waals surface area contributed by atoms with E-state index in [1.807, 2.05) is 0 Å². The molecule has 0 aliphatic carbocycles. The Kier molecular flexibility index (Phi) is 6.72. The maximum Gasteiger partial charge on any atom is 0.265 e. The summed E-state index contributed by atoms with van der Waals surface area (Å²) in [5, 5.41) is 3.49. The van der Waals surface area contributed by atoms with Gasteiger partial charge in [0.05, 0.1) is 17.3 Å². The molecule has 1 aliphatic rings. The smallest absolute Gasteiger partial charge is 0.265 e. The normalized spacial score (nSPS) is 13.7. The number of anilines is 2. The minimum absolute atomic E-state index is 0.0356. The molecule has 4 rings (SSSR count). The Morgan fingerprint density at radius 1 is 1.18 bits per heavy atom. The van der Waals surface area contributed by atoms with Crippen LogP contribution in [-0.2, 0) is 16.1 Å². The van der Waals surface area contributed by atoms with Crippen LogP contribution in [-0.4, -0.2) is 24.5 Å². The van der Waals surface area contributed by atoms with Crippen LogP contribution in [0.5, 0.6) is 11.5 Å². The molecule has 2 amide bonds. The van der Waals surface area contributed by atoms with E-state index in [0.717, 1.165) is 0 Å². The van der Waals surface area contributed by atoms with Crippen LogP contribution in [0.25, 0.3) is 0 Å². The van der Waals surface area contributed by atoms with E-state index in [0.29, 0.717) is 33.5 Å². The van der Waals surface area contributed by atoms with Gasteiger partial charge in [-0.3, -0.25) is 9.59 Å². The standard InChI is InChI=1S/C24H19Cl2FN2O4/c1-14(33-21-8-6-16(25)10-18(21)26)24(31)28-17-7-9-22-20(11-17)29(23(30)13-32-22)12-15-4-2-3-5-19(15)27/h2-11,14H,12-13H2,1H3,(H,28,31). The number of hydrogen-bond acceptors (Lipinski definition) is 4. The minimum atomic E-state index is -0.868. The van der Waals surface area contributed by atoms with E-state index in [2.05, 4.69) is 5.32 Å². The number of nitrogens with one attached hydrogen (secondary N) is 1. The number of hydrogen-bond donors (Lipinski definition) is 1. The van der Waals surface area contributed by atoms with E-state index >= 15 is 0 Å². The molecule has 0 aromatic heterocycles. The molecule has 1 N–H and O–H groups in total. The Balaban J connectivity index is 1.51. The van der Waals surface area contributed by atoms with Gasteiger partial charge in [0.15, 0.2) is 12.7 Å². The first-order chi connectivity index (χ1) is 15.8. The Morgan fingerprint density at radius 3 is 2.73 bits per heavy atom. The number of rotatable bonds is 6. The molecule has 1 atom stereocenters. The van der Waals surface area contributed by atoms with Crippen molar-refractivity contribution >= 4 is 46.4 Å². The second-order valence-corrected chi connectivity index (χ2v) is 8.21. The van der Waals surface area contributed by atoms with Gasteiger partial charge in [-0.1, -0.05) is 41.4 Å². The summed E-state index contributed by atoms with van der Waals surface area (Å²) in [6.07, 6.45) is -0.868. The number of benzene rings is 3. The lowest BCUT2D eigenvalue weighted by atomic mass is 10.1. The maximum atomic E-state index is 14.2. The fourth-order valence-electron chi connectivity index (χ4n) is 3.31. The van der Waals surface area contributed by atoms with Crippen LogP contribution >= 0.6 is 23.2 Å². The van der Waals surface area contributed by atoms with E-state index in [1.54, 1.807) is 55.5 Å². The minimum Gasteiger partial charge on any atom is -0.482 e. The van der Waals surface area contributed by atoms with Crippen molar-refractivity contribution in [2.75, 3.05) is 16.8 Å². The van der Waals surface area contributed by atoms with Gasteiger partial charge in [-0.2, -0.15) is 0 Å². The number of fused-ring (bicyclic) bond motifs is 1. The van der Waals surface area contributed by atoms with Gasteiger partial charge < -0.3 is 19.7 Å². The number of nitrogens with zero attached hydrogens (tertiary/aromatic N) is 1. The van der Waals surface area contributed by atoms with Gasteiger partial charge in [0, 0.05) is 16.3 Å². The molecular formula is C24H19Cl2FN2O4. The van der Waals surface area contributed by atoms with Crippen LogP contribution in [0.15, 0.2) is 60.7 Å². The SMILES string of the molecule is CC(Oc1ccc(Cl)cc1Cl)C(=O)Nc1ccc2c(c1)N(Cc1ccccc1F)C(=O)CO2. The molecule has 0 saturated carbocycles. The Labute approximate surface area is 199 Å². The number of ether oxygens (including phenoxy) is 2. The maximum absolute atomic E-state index is 14.2. The molecule has 9 heteroatoms. The van der Waals surface area contributed by atoms with E-state index in [1.165, 1.54) is 17.0 Å². The van der Waals surface area contributed by atoms with Gasteiger partial charge in [-0.25, -0.2) is 4.39 Å². The highest BCUT2D eigenvalue weighted by Gasteiger charge is 2.27. The molecule has 3 aromatic rings. The lowest BCUT2D eigenvalue weighted by Crippen LogP contribution is -2.38. The quantitative estimate of drug-likeness (QED) is 0.499. The Bertz CT molecular complexity index is 1220. The zero-order chi connectivity index (χ0) is 23.5. The van der Waals surface area contributed by atoms with Gasteiger partial charge in [-0.05, 0) is 49.4 Å². The summed E-state index contributed by atoms with van der Waals surface area (Å²) in [6, 6.07) is 15.9. The number of carbonyl (C=O) groups excluding carboxylic acids is 2. The molecule has 0 spiro atoms. The predicted molar refractivity (Wildman–Crippen MR) is 125 cm³/mol. The summed E-state index contributed by atoms with van der Waals surface area (Å²) in [5.74, 6) is -0.368. The molecule has 1 unspecified atom stereocenters. The zero-order valence-electron chi connectivity index (χ0n) is 17.5. The summed E-state index contributed by atoms with van der Waals surface area (Å²) in [5.41, 5.74) is 1.23. The van der Waals surface area contributed by atoms with Crippen LogP contribution in [0.4, 0.5) is 15.8 Å². The first-order valence-electron chi connectivity index (χ1n) is 10.0. The van der Waals surface area contributed by atoms with Crippen molar-refractivity contribution in [1.82, 2.24) is 0 Å². The highest BCUT2D eigenvalue weighted by molar-refractivity contribution is 6.35. The predicted octanol–water partition coefficient (Wildman–Crippen LogP) is 5.46. The molecular weight excluding hydrogens is 470 g/mol. The molecule has 0 saturated heterocycles. The summed E-state index contributed by atoms with van der Waals surface area (Å²) in [6.45, 7) is 1.46. The van der Waals surface area contributed by atoms with Gasteiger partial charge in [0.25, 0.3) is 11.8 Å². The van der Waals surface area contributed by atoms with Crippen molar-refractivity contribution in [1.29, 1.82) is 0 Å². The highest BCUT2D eigenvalue weighted by atomic mass is 35.5. The van der Waals surface area contributed by atoms with Crippen molar-refractivity contribution in [3.05, 3.63) is 82.1 Å². The van der Waals surface area contributed by atoms with E-state index < -0.39 is 17.8 Å². The van der Waals surface area contributed by atoms with Crippen LogP contribution in [0.1, 0.15) is 12.5 Å². The van der Waals surface area contributed by atoms with Gasteiger partial charge in [0.1, 0.15) is 17.3 Å².